The van der Waals surface area contributed by atoms with Crippen LogP contribution in [0.4, 0.5) is 0 Å². The Kier molecular flexibility index (Phi) is 7.90. The fourth-order valence-corrected chi connectivity index (χ4v) is 4.11. The van der Waals surface area contributed by atoms with Gasteiger partial charge in [0.05, 0.1) is 18.9 Å². The molecule has 3 aromatic rings. The minimum atomic E-state index is -0.000969. The van der Waals surface area contributed by atoms with Gasteiger partial charge in [-0.25, -0.2) is 0 Å². The SMILES string of the molecule is CCC[C@@H](NC(=O)CSc1nnc(-c2ccc(OC)cc2)n1CC)c1ccccc1. The molecule has 0 aliphatic rings. The number of ether oxygens (including phenoxy) is 1. The maximum absolute atomic E-state index is 12.6. The third kappa shape index (κ3) is 5.42. The van der Waals surface area contributed by atoms with Gasteiger partial charge >= 0.3 is 0 Å². The Labute approximate surface area is 182 Å². The van der Waals surface area contributed by atoms with Gasteiger partial charge in [0.25, 0.3) is 0 Å². The van der Waals surface area contributed by atoms with Gasteiger partial charge in [0.15, 0.2) is 11.0 Å². The average Bonchev–Trinajstić information content (AvgIpc) is 3.21. The zero-order chi connectivity index (χ0) is 21.3. The summed E-state index contributed by atoms with van der Waals surface area (Å²) in [5.41, 5.74) is 2.10. The minimum Gasteiger partial charge on any atom is -0.497 e. The number of methoxy groups -OCH3 is 1. The maximum atomic E-state index is 12.6. The Morgan fingerprint density at radius 2 is 1.83 bits per heavy atom. The Hall–Kier alpha value is -2.80. The van der Waals surface area contributed by atoms with Crippen molar-refractivity contribution >= 4 is 17.7 Å². The van der Waals surface area contributed by atoms with E-state index in [1.54, 1.807) is 7.11 Å². The van der Waals surface area contributed by atoms with Crippen molar-refractivity contribution in [2.75, 3.05) is 12.9 Å². The molecule has 1 heterocycles. The van der Waals surface area contributed by atoms with E-state index in [9.17, 15) is 4.79 Å². The van der Waals surface area contributed by atoms with Gasteiger partial charge in [0.2, 0.25) is 5.91 Å². The van der Waals surface area contributed by atoms with Crippen LogP contribution in [0.3, 0.4) is 0 Å². The van der Waals surface area contributed by atoms with Crippen LogP contribution in [0.5, 0.6) is 5.75 Å². The number of carbonyl (C=O) groups excluding carboxylic acids is 1. The molecule has 0 spiro atoms. The minimum absolute atomic E-state index is 0.000969. The Morgan fingerprint density at radius 1 is 1.10 bits per heavy atom. The van der Waals surface area contributed by atoms with Gasteiger partial charge in [-0.05, 0) is 43.2 Å². The van der Waals surface area contributed by atoms with E-state index in [0.29, 0.717) is 5.75 Å². The molecule has 30 heavy (non-hydrogen) atoms. The van der Waals surface area contributed by atoms with Crippen molar-refractivity contribution in [2.24, 2.45) is 0 Å². The molecule has 0 radical (unpaired) electrons. The lowest BCUT2D eigenvalue weighted by Crippen LogP contribution is -2.30. The molecular formula is C23H28N4O2S. The highest BCUT2D eigenvalue weighted by molar-refractivity contribution is 7.99. The van der Waals surface area contributed by atoms with Crippen molar-refractivity contribution in [1.29, 1.82) is 0 Å². The first kappa shape index (κ1) is 21.9. The quantitative estimate of drug-likeness (QED) is 0.477. The summed E-state index contributed by atoms with van der Waals surface area (Å²) in [6.07, 6.45) is 1.91. The lowest BCUT2D eigenvalue weighted by atomic mass is 10.0. The monoisotopic (exact) mass is 424 g/mol. The number of hydrogen-bond donors (Lipinski definition) is 1. The highest BCUT2D eigenvalue weighted by Crippen LogP contribution is 2.26. The summed E-state index contributed by atoms with van der Waals surface area (Å²) < 4.78 is 7.25. The van der Waals surface area contributed by atoms with Gasteiger partial charge < -0.3 is 14.6 Å². The highest BCUT2D eigenvalue weighted by Gasteiger charge is 2.17. The van der Waals surface area contributed by atoms with E-state index < -0.39 is 0 Å². The lowest BCUT2D eigenvalue weighted by Gasteiger charge is -2.18. The number of rotatable bonds is 10. The molecular weight excluding hydrogens is 396 g/mol. The third-order valence-electron chi connectivity index (χ3n) is 4.83. The van der Waals surface area contributed by atoms with Crippen LogP contribution in [-0.4, -0.2) is 33.5 Å². The van der Waals surface area contributed by atoms with E-state index in [2.05, 4.69) is 34.6 Å². The molecule has 0 saturated carbocycles. The number of carbonyl (C=O) groups is 1. The fraction of sp³-hybridized carbons (Fsp3) is 0.348. The van der Waals surface area contributed by atoms with Crippen LogP contribution < -0.4 is 10.1 Å². The molecule has 7 heteroatoms. The summed E-state index contributed by atoms with van der Waals surface area (Å²) in [6, 6.07) is 17.9. The summed E-state index contributed by atoms with van der Waals surface area (Å²) in [6.45, 7) is 4.90. The van der Waals surface area contributed by atoms with Gasteiger partial charge in [-0.2, -0.15) is 0 Å². The molecule has 6 nitrogen and oxygen atoms in total. The number of nitrogens with one attached hydrogen (secondary N) is 1. The number of hydrogen-bond acceptors (Lipinski definition) is 5. The second-order valence-corrected chi connectivity index (χ2v) is 7.83. The van der Waals surface area contributed by atoms with E-state index in [4.69, 9.17) is 4.74 Å². The van der Waals surface area contributed by atoms with Gasteiger partial charge in [-0.15, -0.1) is 10.2 Å². The van der Waals surface area contributed by atoms with Crippen LogP contribution in [0.2, 0.25) is 0 Å². The number of thioether (sulfide) groups is 1. The topological polar surface area (TPSA) is 69.0 Å². The molecule has 0 aliphatic heterocycles. The van der Waals surface area contributed by atoms with Crippen molar-refractivity contribution in [1.82, 2.24) is 20.1 Å². The summed E-state index contributed by atoms with van der Waals surface area (Å²) in [7, 11) is 1.65. The molecule has 1 aromatic heterocycles. The van der Waals surface area contributed by atoms with E-state index in [1.165, 1.54) is 11.8 Å². The smallest absolute Gasteiger partial charge is 0.230 e. The van der Waals surface area contributed by atoms with Crippen LogP contribution in [0.25, 0.3) is 11.4 Å². The molecule has 0 saturated heterocycles. The van der Waals surface area contributed by atoms with Crippen LogP contribution in [0.1, 0.15) is 38.3 Å². The zero-order valence-corrected chi connectivity index (χ0v) is 18.5. The molecule has 2 aromatic carbocycles. The molecule has 1 amide bonds. The molecule has 0 aliphatic carbocycles. The van der Waals surface area contributed by atoms with Crippen molar-refractivity contribution in [3.63, 3.8) is 0 Å². The first-order chi connectivity index (χ1) is 14.7. The second kappa shape index (κ2) is 10.8. The number of nitrogens with zero attached hydrogens (tertiary/aromatic N) is 3. The number of amides is 1. The first-order valence-electron chi connectivity index (χ1n) is 10.2. The Balaban J connectivity index is 1.66. The molecule has 1 atom stereocenters. The molecule has 158 valence electrons. The van der Waals surface area contributed by atoms with Crippen molar-refractivity contribution in [3.05, 3.63) is 60.2 Å². The summed E-state index contributed by atoms with van der Waals surface area (Å²) in [5.74, 6) is 1.89. The second-order valence-electron chi connectivity index (χ2n) is 6.89. The average molecular weight is 425 g/mol. The fourth-order valence-electron chi connectivity index (χ4n) is 3.30. The predicted molar refractivity (Wildman–Crippen MR) is 121 cm³/mol. The molecule has 0 bridgehead atoms. The highest BCUT2D eigenvalue weighted by atomic mass is 32.2. The zero-order valence-electron chi connectivity index (χ0n) is 17.7. The summed E-state index contributed by atoms with van der Waals surface area (Å²) in [5, 5.41) is 12.6. The standard InChI is InChI=1S/C23H28N4O2S/c1-4-9-20(17-10-7-6-8-11-17)24-21(28)16-30-23-26-25-22(27(23)5-2)18-12-14-19(29-3)15-13-18/h6-8,10-15,20H,4-5,9,16H2,1-3H3,(H,24,28)/t20-/m1/s1. The first-order valence-corrected chi connectivity index (χ1v) is 11.2. The van der Waals surface area contributed by atoms with E-state index in [-0.39, 0.29) is 11.9 Å². The summed E-state index contributed by atoms with van der Waals surface area (Å²) in [4.78, 5) is 12.6. The largest absolute Gasteiger partial charge is 0.497 e. The predicted octanol–water partition coefficient (Wildman–Crippen LogP) is 4.72. The van der Waals surface area contributed by atoms with Gasteiger partial charge in [-0.1, -0.05) is 55.4 Å². The van der Waals surface area contributed by atoms with E-state index in [0.717, 1.165) is 47.2 Å². The molecule has 0 fully saturated rings. The van der Waals surface area contributed by atoms with Crippen LogP contribution in [0, 0.1) is 0 Å². The normalized spacial score (nSPS) is 11.8. The van der Waals surface area contributed by atoms with Gasteiger partial charge in [0, 0.05) is 12.1 Å². The maximum Gasteiger partial charge on any atom is 0.230 e. The molecule has 1 N–H and O–H groups in total. The molecule has 0 unspecified atom stereocenters. The van der Waals surface area contributed by atoms with E-state index in [1.807, 2.05) is 54.0 Å². The van der Waals surface area contributed by atoms with Crippen molar-refractivity contribution in [3.8, 4) is 17.1 Å². The number of benzene rings is 2. The number of aromatic nitrogens is 3. The lowest BCUT2D eigenvalue weighted by molar-refractivity contribution is -0.119. The van der Waals surface area contributed by atoms with Crippen molar-refractivity contribution < 1.29 is 9.53 Å². The van der Waals surface area contributed by atoms with Crippen LogP contribution in [-0.2, 0) is 11.3 Å². The van der Waals surface area contributed by atoms with E-state index >= 15 is 0 Å². The van der Waals surface area contributed by atoms with Crippen LogP contribution >= 0.6 is 11.8 Å². The van der Waals surface area contributed by atoms with Gasteiger partial charge in [0.1, 0.15) is 5.75 Å². The Bertz CT molecular complexity index is 942. The Morgan fingerprint density at radius 3 is 2.47 bits per heavy atom. The summed E-state index contributed by atoms with van der Waals surface area (Å²) >= 11 is 1.41. The van der Waals surface area contributed by atoms with Crippen LogP contribution in [0.15, 0.2) is 59.8 Å². The molecule has 3 rings (SSSR count). The van der Waals surface area contributed by atoms with Crippen molar-refractivity contribution in [2.45, 2.75) is 44.4 Å². The third-order valence-corrected chi connectivity index (χ3v) is 5.79. The van der Waals surface area contributed by atoms with Gasteiger partial charge in [-0.3, -0.25) is 4.79 Å².